The lowest BCUT2D eigenvalue weighted by Crippen LogP contribution is -2.00. The molecule has 9 heteroatoms. The number of rotatable bonds is 4. The van der Waals surface area contributed by atoms with E-state index in [2.05, 4.69) is 4.98 Å². The molecule has 3 rings (SSSR count). The van der Waals surface area contributed by atoms with Gasteiger partial charge in [-0.2, -0.15) is 0 Å². The molecule has 1 aromatic heterocycles. The third kappa shape index (κ3) is 2.47. The molecule has 0 bridgehead atoms. The summed E-state index contributed by atoms with van der Waals surface area (Å²) in [6.07, 6.45) is 0. The molecule has 0 aliphatic heterocycles. The Labute approximate surface area is 133 Å². The van der Waals surface area contributed by atoms with Crippen LogP contribution in [-0.4, -0.2) is 33.2 Å². The van der Waals surface area contributed by atoms with Crippen molar-refractivity contribution < 1.29 is 29.1 Å². The Kier molecular flexibility index (Phi) is 3.53. The summed E-state index contributed by atoms with van der Waals surface area (Å²) in [6.45, 7) is 0. The van der Waals surface area contributed by atoms with Crippen molar-refractivity contribution in [2.45, 2.75) is 0 Å². The van der Waals surface area contributed by atoms with Crippen molar-refractivity contribution in [3.8, 4) is 23.0 Å². The minimum atomic E-state index is -1.21. The van der Waals surface area contributed by atoms with Crippen LogP contribution >= 0.6 is 0 Å². The first kappa shape index (κ1) is 15.3. The molecule has 0 amide bonds. The van der Waals surface area contributed by atoms with E-state index in [-0.39, 0.29) is 28.1 Å². The summed E-state index contributed by atoms with van der Waals surface area (Å²) in [7, 11) is 1.40. The molecule has 3 aromatic rings. The molecule has 1 heterocycles. The number of nitrogens with zero attached hydrogens (tertiary/aromatic N) is 2. The van der Waals surface area contributed by atoms with Crippen molar-refractivity contribution >= 4 is 22.8 Å². The number of phenols is 1. The van der Waals surface area contributed by atoms with E-state index >= 15 is 0 Å². The smallest absolute Gasteiger partial charge is 0.336 e. The fourth-order valence-corrected chi connectivity index (χ4v) is 2.23. The third-order valence-electron chi connectivity index (χ3n) is 3.37. The van der Waals surface area contributed by atoms with Gasteiger partial charge in [0.1, 0.15) is 11.3 Å². The van der Waals surface area contributed by atoms with Gasteiger partial charge in [0.2, 0.25) is 5.89 Å². The molecule has 122 valence electrons. The summed E-state index contributed by atoms with van der Waals surface area (Å²) >= 11 is 0. The predicted octanol–water partition coefficient (Wildman–Crippen LogP) is 2.82. The van der Waals surface area contributed by atoms with Crippen molar-refractivity contribution in [2.75, 3.05) is 7.11 Å². The Bertz CT molecular complexity index is 977. The zero-order valence-corrected chi connectivity index (χ0v) is 12.2. The van der Waals surface area contributed by atoms with Crippen LogP contribution in [0.2, 0.25) is 0 Å². The molecule has 2 aromatic carbocycles. The van der Waals surface area contributed by atoms with E-state index in [0.717, 1.165) is 12.1 Å². The summed E-state index contributed by atoms with van der Waals surface area (Å²) in [6, 6.07) is 6.43. The highest BCUT2D eigenvalue weighted by atomic mass is 16.6. The van der Waals surface area contributed by atoms with Crippen LogP contribution in [-0.2, 0) is 0 Å². The van der Waals surface area contributed by atoms with Crippen molar-refractivity contribution in [1.82, 2.24) is 4.98 Å². The number of carboxylic acids is 1. The maximum absolute atomic E-state index is 11.4. The average molecular weight is 330 g/mol. The average Bonchev–Trinajstić information content (AvgIpc) is 2.95. The molecule has 0 saturated heterocycles. The monoisotopic (exact) mass is 330 g/mol. The highest BCUT2D eigenvalue weighted by Crippen LogP contribution is 2.35. The number of hydrogen-bond donors (Lipinski definition) is 2. The van der Waals surface area contributed by atoms with Crippen LogP contribution in [0.5, 0.6) is 11.5 Å². The second-order valence-electron chi connectivity index (χ2n) is 4.80. The first-order valence-electron chi connectivity index (χ1n) is 6.60. The number of oxazole rings is 1. The first-order valence-corrected chi connectivity index (χ1v) is 6.60. The van der Waals surface area contributed by atoms with Gasteiger partial charge >= 0.3 is 11.7 Å². The Morgan fingerprint density at radius 1 is 1.33 bits per heavy atom. The van der Waals surface area contributed by atoms with Crippen LogP contribution < -0.4 is 4.74 Å². The third-order valence-corrected chi connectivity index (χ3v) is 3.37. The van der Waals surface area contributed by atoms with Gasteiger partial charge in [0.25, 0.3) is 0 Å². The second kappa shape index (κ2) is 5.54. The van der Waals surface area contributed by atoms with Crippen LogP contribution in [0.15, 0.2) is 34.7 Å². The van der Waals surface area contributed by atoms with E-state index in [0.29, 0.717) is 5.75 Å². The fraction of sp³-hybridized carbons (Fsp3) is 0.0667. The SMILES string of the molecule is COc1ccc(-c2nc3cc([N+](=O)[O-])c(O)cc3o2)c(C(=O)O)c1. The van der Waals surface area contributed by atoms with Crippen molar-refractivity contribution in [2.24, 2.45) is 0 Å². The second-order valence-corrected chi connectivity index (χ2v) is 4.80. The fourth-order valence-electron chi connectivity index (χ4n) is 2.23. The maximum Gasteiger partial charge on any atom is 0.336 e. The Hall–Kier alpha value is -3.62. The summed E-state index contributed by atoms with van der Waals surface area (Å²) in [5.41, 5.74) is -0.210. The standard InChI is InChI=1S/C15H10N2O7/c1-23-7-2-3-8(9(4-7)15(19)20)14-16-10-5-11(17(21)22)12(18)6-13(10)24-14/h2-6,18H,1H3,(H,19,20). The van der Waals surface area contributed by atoms with Crippen molar-refractivity contribution in [3.63, 3.8) is 0 Å². The number of fused-ring (bicyclic) bond motifs is 1. The van der Waals surface area contributed by atoms with Crippen LogP contribution in [0.4, 0.5) is 5.69 Å². The minimum absolute atomic E-state index is 0.0371. The maximum atomic E-state index is 11.4. The van der Waals surface area contributed by atoms with Gasteiger partial charge in [-0.1, -0.05) is 0 Å². The van der Waals surface area contributed by atoms with Crippen molar-refractivity contribution in [1.29, 1.82) is 0 Å². The lowest BCUT2D eigenvalue weighted by atomic mass is 10.1. The van der Waals surface area contributed by atoms with Gasteiger partial charge in [0.15, 0.2) is 11.3 Å². The van der Waals surface area contributed by atoms with Gasteiger partial charge in [-0.3, -0.25) is 10.1 Å². The van der Waals surface area contributed by atoms with Crippen LogP contribution in [0.3, 0.4) is 0 Å². The summed E-state index contributed by atoms with van der Waals surface area (Å²) < 4.78 is 10.4. The van der Waals surface area contributed by atoms with E-state index in [1.807, 2.05) is 0 Å². The highest BCUT2D eigenvalue weighted by Gasteiger charge is 2.21. The Morgan fingerprint density at radius 2 is 2.08 bits per heavy atom. The van der Waals surface area contributed by atoms with Crippen LogP contribution in [0.25, 0.3) is 22.6 Å². The highest BCUT2D eigenvalue weighted by molar-refractivity contribution is 5.96. The van der Waals surface area contributed by atoms with E-state index < -0.39 is 22.3 Å². The largest absolute Gasteiger partial charge is 0.502 e. The Balaban J connectivity index is 2.20. The lowest BCUT2D eigenvalue weighted by molar-refractivity contribution is -0.385. The van der Waals surface area contributed by atoms with Gasteiger partial charge < -0.3 is 19.4 Å². The number of benzene rings is 2. The number of aromatic hydroxyl groups is 1. The van der Waals surface area contributed by atoms with Crippen LogP contribution in [0, 0.1) is 10.1 Å². The molecule has 0 spiro atoms. The molecular formula is C15H10N2O7. The number of hydrogen-bond acceptors (Lipinski definition) is 7. The molecule has 2 N–H and O–H groups in total. The first-order chi connectivity index (χ1) is 11.4. The molecule has 0 radical (unpaired) electrons. The number of aromatic carboxylic acids is 1. The summed E-state index contributed by atoms with van der Waals surface area (Å²) in [4.78, 5) is 25.6. The predicted molar refractivity (Wildman–Crippen MR) is 81.3 cm³/mol. The molecule has 0 atom stereocenters. The topological polar surface area (TPSA) is 136 Å². The number of ether oxygens (including phenoxy) is 1. The Morgan fingerprint density at radius 3 is 2.71 bits per heavy atom. The molecule has 9 nitrogen and oxygen atoms in total. The number of methoxy groups -OCH3 is 1. The number of phenolic OH excluding ortho intramolecular Hbond substituents is 1. The van der Waals surface area contributed by atoms with Gasteiger partial charge in [0.05, 0.1) is 23.2 Å². The number of carbonyl (C=O) groups is 1. The number of nitro groups is 1. The number of aromatic nitrogens is 1. The zero-order valence-electron chi connectivity index (χ0n) is 12.2. The van der Waals surface area contributed by atoms with Crippen LogP contribution in [0.1, 0.15) is 10.4 Å². The van der Waals surface area contributed by atoms with Gasteiger partial charge in [0, 0.05) is 12.1 Å². The summed E-state index contributed by atoms with van der Waals surface area (Å²) in [5, 5.41) is 29.8. The van der Waals surface area contributed by atoms with Gasteiger partial charge in [-0.05, 0) is 18.2 Å². The molecule has 0 unspecified atom stereocenters. The normalized spacial score (nSPS) is 10.7. The molecule has 0 aliphatic rings. The minimum Gasteiger partial charge on any atom is -0.502 e. The zero-order chi connectivity index (χ0) is 17.4. The van der Waals surface area contributed by atoms with E-state index in [4.69, 9.17) is 9.15 Å². The van der Waals surface area contributed by atoms with Gasteiger partial charge in [-0.25, -0.2) is 9.78 Å². The molecule has 24 heavy (non-hydrogen) atoms. The molecule has 0 aliphatic carbocycles. The molecule has 0 saturated carbocycles. The number of nitro benzene ring substituents is 1. The van der Waals surface area contributed by atoms with E-state index in [1.54, 1.807) is 0 Å². The lowest BCUT2D eigenvalue weighted by Gasteiger charge is -2.05. The quantitative estimate of drug-likeness (QED) is 0.550. The molecule has 0 fully saturated rings. The van der Waals surface area contributed by atoms with E-state index in [1.165, 1.54) is 25.3 Å². The van der Waals surface area contributed by atoms with E-state index in [9.17, 15) is 25.1 Å². The van der Waals surface area contributed by atoms with Gasteiger partial charge in [-0.15, -0.1) is 0 Å². The van der Waals surface area contributed by atoms with Crippen molar-refractivity contribution in [3.05, 3.63) is 46.0 Å². The molecular weight excluding hydrogens is 320 g/mol. The summed E-state index contributed by atoms with van der Waals surface area (Å²) in [5.74, 6) is -1.46. The number of carboxylic acid groups (broad SMARTS) is 1.